The molecule has 0 saturated carbocycles. The molecule has 8 nitrogen and oxygen atoms in total. The van der Waals surface area contributed by atoms with Gasteiger partial charge in [-0.25, -0.2) is 4.79 Å². The molecular weight excluding hydrogens is 378 g/mol. The standard InChI is InChI=1S/C19H27N5O3S/c1-28-14-7-5-12(6-8-14)21-19(27)22-13-10-16-17(25)23-15(4-2-3-9-20)18(26)24(16)11-13/h5-8,13,15-16H,2-4,9-11,20H2,1H3,(H,23,25)(H2,21,22,27)/t13-,15-,16-/m0/s1. The van der Waals surface area contributed by atoms with Crippen LogP contribution in [0.15, 0.2) is 29.2 Å². The molecule has 5 N–H and O–H groups in total. The van der Waals surface area contributed by atoms with Crippen molar-refractivity contribution in [2.75, 3.05) is 24.7 Å². The number of piperazine rings is 1. The number of anilines is 1. The van der Waals surface area contributed by atoms with Gasteiger partial charge in [0.1, 0.15) is 12.1 Å². The second-order valence-electron chi connectivity index (χ2n) is 7.11. The zero-order valence-corrected chi connectivity index (χ0v) is 16.8. The van der Waals surface area contributed by atoms with Crippen LogP contribution in [0, 0.1) is 0 Å². The summed E-state index contributed by atoms with van der Waals surface area (Å²) in [6.45, 7) is 0.922. The van der Waals surface area contributed by atoms with Crippen LogP contribution >= 0.6 is 11.8 Å². The van der Waals surface area contributed by atoms with Crippen molar-refractivity contribution in [3.8, 4) is 0 Å². The summed E-state index contributed by atoms with van der Waals surface area (Å²) < 4.78 is 0. The van der Waals surface area contributed by atoms with Crippen molar-refractivity contribution in [2.45, 2.75) is 48.7 Å². The number of urea groups is 1. The number of benzene rings is 1. The number of nitrogens with zero attached hydrogens (tertiary/aromatic N) is 1. The fraction of sp³-hybridized carbons (Fsp3) is 0.526. The van der Waals surface area contributed by atoms with E-state index in [9.17, 15) is 14.4 Å². The van der Waals surface area contributed by atoms with E-state index in [0.29, 0.717) is 31.6 Å². The molecule has 0 aromatic heterocycles. The molecule has 152 valence electrons. The van der Waals surface area contributed by atoms with Gasteiger partial charge in [-0.15, -0.1) is 11.8 Å². The first-order valence-electron chi connectivity index (χ1n) is 9.54. The molecule has 2 fully saturated rings. The minimum Gasteiger partial charge on any atom is -0.343 e. The Morgan fingerprint density at radius 2 is 2.04 bits per heavy atom. The van der Waals surface area contributed by atoms with Gasteiger partial charge in [0.15, 0.2) is 0 Å². The monoisotopic (exact) mass is 405 g/mol. The molecule has 1 aromatic rings. The Morgan fingerprint density at radius 1 is 1.29 bits per heavy atom. The van der Waals surface area contributed by atoms with Crippen LogP contribution in [-0.4, -0.2) is 60.2 Å². The first-order chi connectivity index (χ1) is 13.5. The van der Waals surface area contributed by atoms with Crippen molar-refractivity contribution in [2.24, 2.45) is 5.73 Å². The fourth-order valence-electron chi connectivity index (χ4n) is 3.68. The molecule has 0 bridgehead atoms. The average molecular weight is 406 g/mol. The van der Waals surface area contributed by atoms with E-state index in [2.05, 4.69) is 16.0 Å². The lowest BCUT2D eigenvalue weighted by atomic mass is 10.0. The minimum absolute atomic E-state index is 0.0704. The highest BCUT2D eigenvalue weighted by atomic mass is 32.2. The number of fused-ring (bicyclic) bond motifs is 1. The topological polar surface area (TPSA) is 117 Å². The molecule has 9 heteroatoms. The largest absolute Gasteiger partial charge is 0.343 e. The number of unbranched alkanes of at least 4 members (excludes halogenated alkanes) is 1. The van der Waals surface area contributed by atoms with E-state index >= 15 is 0 Å². The van der Waals surface area contributed by atoms with Crippen molar-refractivity contribution in [3.63, 3.8) is 0 Å². The maximum Gasteiger partial charge on any atom is 0.319 e. The third-order valence-corrected chi connectivity index (χ3v) is 5.87. The minimum atomic E-state index is -0.510. The zero-order valence-electron chi connectivity index (χ0n) is 15.9. The van der Waals surface area contributed by atoms with Gasteiger partial charge in [0.05, 0.1) is 6.04 Å². The molecule has 2 aliphatic rings. The van der Waals surface area contributed by atoms with E-state index < -0.39 is 12.1 Å². The highest BCUT2D eigenvalue weighted by Gasteiger charge is 2.46. The van der Waals surface area contributed by atoms with Gasteiger partial charge in [-0.1, -0.05) is 0 Å². The lowest BCUT2D eigenvalue weighted by molar-refractivity contribution is -0.147. The normalized spacial score (nSPS) is 23.9. The zero-order chi connectivity index (χ0) is 20.1. The molecule has 4 amide bonds. The van der Waals surface area contributed by atoms with E-state index in [1.165, 1.54) is 0 Å². The van der Waals surface area contributed by atoms with Crippen molar-refractivity contribution >= 4 is 35.3 Å². The van der Waals surface area contributed by atoms with Gasteiger partial charge in [0.2, 0.25) is 11.8 Å². The lowest BCUT2D eigenvalue weighted by Crippen LogP contribution is -2.61. The Balaban J connectivity index is 1.54. The highest BCUT2D eigenvalue weighted by Crippen LogP contribution is 2.24. The Hall–Kier alpha value is -2.26. The fourth-order valence-corrected chi connectivity index (χ4v) is 4.09. The molecule has 2 heterocycles. The predicted octanol–water partition coefficient (Wildman–Crippen LogP) is 1.13. The van der Waals surface area contributed by atoms with E-state index in [4.69, 9.17) is 5.73 Å². The van der Waals surface area contributed by atoms with Crippen molar-refractivity contribution in [3.05, 3.63) is 24.3 Å². The quantitative estimate of drug-likeness (QED) is 0.401. The first-order valence-corrected chi connectivity index (χ1v) is 10.8. The SMILES string of the molecule is CSc1ccc(NC(=O)N[C@H]2C[C@H]3C(=O)N[C@@H](CCCCN)C(=O)N3C2)cc1. The number of hydrogen-bond acceptors (Lipinski definition) is 5. The summed E-state index contributed by atoms with van der Waals surface area (Å²) in [5.74, 6) is -0.214. The number of amides is 4. The molecular formula is C19H27N5O3S. The third kappa shape index (κ3) is 4.77. The van der Waals surface area contributed by atoms with Crippen molar-refractivity contribution in [1.29, 1.82) is 0 Å². The number of hydrogen-bond donors (Lipinski definition) is 4. The third-order valence-electron chi connectivity index (χ3n) is 5.13. The molecule has 0 radical (unpaired) electrons. The van der Waals surface area contributed by atoms with Gasteiger partial charge in [-0.3, -0.25) is 9.59 Å². The second kappa shape index (κ2) is 9.29. The van der Waals surface area contributed by atoms with Crippen LogP contribution in [0.2, 0.25) is 0 Å². The number of carbonyl (C=O) groups is 3. The molecule has 0 unspecified atom stereocenters. The Bertz CT molecular complexity index is 727. The summed E-state index contributed by atoms with van der Waals surface area (Å²) >= 11 is 1.63. The van der Waals surface area contributed by atoms with Crippen LogP contribution in [0.3, 0.4) is 0 Å². The average Bonchev–Trinajstić information content (AvgIpc) is 3.11. The number of nitrogens with two attached hydrogens (primary N) is 1. The van der Waals surface area contributed by atoms with Gasteiger partial charge in [0.25, 0.3) is 0 Å². The van der Waals surface area contributed by atoms with Gasteiger partial charge < -0.3 is 26.6 Å². The van der Waals surface area contributed by atoms with Crippen molar-refractivity contribution < 1.29 is 14.4 Å². The lowest BCUT2D eigenvalue weighted by Gasteiger charge is -2.34. The van der Waals surface area contributed by atoms with Crippen LogP contribution in [0.5, 0.6) is 0 Å². The predicted molar refractivity (Wildman–Crippen MR) is 109 cm³/mol. The number of carbonyl (C=O) groups excluding carboxylic acids is 3. The number of thioether (sulfide) groups is 1. The Kier molecular flexibility index (Phi) is 6.79. The highest BCUT2D eigenvalue weighted by molar-refractivity contribution is 7.98. The summed E-state index contributed by atoms with van der Waals surface area (Å²) in [5.41, 5.74) is 6.19. The molecule has 3 atom stereocenters. The van der Waals surface area contributed by atoms with E-state index in [1.54, 1.807) is 16.7 Å². The summed E-state index contributed by atoms with van der Waals surface area (Å²) in [4.78, 5) is 40.1. The summed E-state index contributed by atoms with van der Waals surface area (Å²) in [6, 6.07) is 5.95. The van der Waals surface area contributed by atoms with E-state index in [-0.39, 0.29) is 23.9 Å². The van der Waals surface area contributed by atoms with E-state index in [0.717, 1.165) is 17.7 Å². The summed E-state index contributed by atoms with van der Waals surface area (Å²) in [5, 5.41) is 8.49. The molecule has 0 spiro atoms. The van der Waals surface area contributed by atoms with Crippen LogP contribution in [0.25, 0.3) is 0 Å². The molecule has 2 saturated heterocycles. The summed E-state index contributed by atoms with van der Waals surface area (Å²) in [7, 11) is 0. The van der Waals surface area contributed by atoms with Crippen molar-refractivity contribution in [1.82, 2.24) is 15.5 Å². The Morgan fingerprint density at radius 3 is 2.71 bits per heavy atom. The summed E-state index contributed by atoms with van der Waals surface area (Å²) in [6.07, 6.45) is 4.63. The van der Waals surface area contributed by atoms with Gasteiger partial charge in [0, 0.05) is 17.1 Å². The van der Waals surface area contributed by atoms with Gasteiger partial charge >= 0.3 is 6.03 Å². The molecule has 3 rings (SSSR count). The molecule has 28 heavy (non-hydrogen) atoms. The molecule has 1 aromatic carbocycles. The maximum atomic E-state index is 12.7. The smallest absolute Gasteiger partial charge is 0.319 e. The number of rotatable bonds is 7. The Labute approximate surface area is 169 Å². The van der Waals surface area contributed by atoms with E-state index in [1.807, 2.05) is 30.5 Å². The maximum absolute atomic E-state index is 12.7. The second-order valence-corrected chi connectivity index (χ2v) is 7.99. The van der Waals surface area contributed by atoms with Gasteiger partial charge in [-0.2, -0.15) is 0 Å². The van der Waals surface area contributed by atoms with Crippen LogP contribution in [0.4, 0.5) is 10.5 Å². The first kappa shape index (κ1) is 20.5. The molecule has 2 aliphatic heterocycles. The van der Waals surface area contributed by atoms with Gasteiger partial charge in [-0.05, 0) is 62.7 Å². The molecule has 0 aliphatic carbocycles. The number of nitrogens with one attached hydrogen (secondary N) is 3. The van der Waals surface area contributed by atoms with Crippen LogP contribution < -0.4 is 21.7 Å². The van der Waals surface area contributed by atoms with Crippen LogP contribution in [0.1, 0.15) is 25.7 Å². The van der Waals surface area contributed by atoms with Crippen LogP contribution in [-0.2, 0) is 9.59 Å².